The number of hydrogen-bond acceptors (Lipinski definition) is 5. The van der Waals surface area contributed by atoms with Crippen LogP contribution in [0.15, 0.2) is 35.7 Å². The van der Waals surface area contributed by atoms with Crippen molar-refractivity contribution in [1.29, 1.82) is 0 Å². The number of fused-ring (bicyclic) bond motifs is 1. The molecule has 0 saturated carbocycles. The average Bonchev–Trinajstić information content (AvgIpc) is 3.15. The summed E-state index contributed by atoms with van der Waals surface area (Å²) in [5.41, 5.74) is 2.59. The number of thiazole rings is 1. The predicted octanol–water partition coefficient (Wildman–Crippen LogP) is 2.54. The first-order chi connectivity index (χ1) is 11.3. The van der Waals surface area contributed by atoms with Crippen LogP contribution in [0, 0.1) is 6.92 Å². The van der Waals surface area contributed by atoms with Gasteiger partial charge in [0.1, 0.15) is 0 Å². The van der Waals surface area contributed by atoms with E-state index in [1.165, 1.54) is 11.3 Å². The highest BCUT2D eigenvalue weighted by Crippen LogP contribution is 2.26. The van der Waals surface area contributed by atoms with Gasteiger partial charge in [-0.1, -0.05) is 30.3 Å². The standard InChI is InChI=1S/C18H23N3OS/c1-14-19-16(13-23-14)10-21-7-8-22-18-12-20(11-17(18)21)9-15-5-3-2-4-6-15/h2-6,13,17-18H,7-12H2,1H3/t17-,18+/m0/s1. The predicted molar refractivity (Wildman–Crippen MR) is 92.5 cm³/mol. The van der Waals surface area contributed by atoms with Crippen LogP contribution in [0.3, 0.4) is 0 Å². The van der Waals surface area contributed by atoms with E-state index in [0.29, 0.717) is 12.1 Å². The minimum Gasteiger partial charge on any atom is -0.374 e. The fraction of sp³-hybridized carbons (Fsp3) is 0.500. The van der Waals surface area contributed by atoms with Gasteiger partial charge in [-0.25, -0.2) is 4.98 Å². The Morgan fingerprint density at radius 1 is 1.22 bits per heavy atom. The Kier molecular flexibility index (Phi) is 4.44. The molecule has 4 rings (SSSR count). The summed E-state index contributed by atoms with van der Waals surface area (Å²) in [6.07, 6.45) is 0.340. The molecular formula is C18H23N3OS. The lowest BCUT2D eigenvalue weighted by molar-refractivity contribution is -0.0507. The number of rotatable bonds is 4. The van der Waals surface area contributed by atoms with Crippen LogP contribution < -0.4 is 0 Å². The van der Waals surface area contributed by atoms with Crippen molar-refractivity contribution in [2.45, 2.75) is 32.2 Å². The third kappa shape index (κ3) is 3.48. The van der Waals surface area contributed by atoms with Gasteiger partial charge in [-0.05, 0) is 12.5 Å². The van der Waals surface area contributed by atoms with Crippen molar-refractivity contribution in [3.63, 3.8) is 0 Å². The molecule has 2 fully saturated rings. The zero-order valence-electron chi connectivity index (χ0n) is 13.5. The summed E-state index contributed by atoms with van der Waals surface area (Å²) in [5.74, 6) is 0. The number of morpholine rings is 1. The molecule has 23 heavy (non-hydrogen) atoms. The van der Waals surface area contributed by atoms with Crippen molar-refractivity contribution in [1.82, 2.24) is 14.8 Å². The Labute approximate surface area is 141 Å². The molecule has 3 heterocycles. The molecule has 2 aliphatic rings. The van der Waals surface area contributed by atoms with Gasteiger partial charge in [0.25, 0.3) is 0 Å². The van der Waals surface area contributed by atoms with Gasteiger partial charge in [0.05, 0.1) is 29.5 Å². The van der Waals surface area contributed by atoms with Crippen LogP contribution in [0.5, 0.6) is 0 Å². The highest BCUT2D eigenvalue weighted by molar-refractivity contribution is 7.09. The van der Waals surface area contributed by atoms with Crippen LogP contribution >= 0.6 is 11.3 Å². The van der Waals surface area contributed by atoms with Gasteiger partial charge in [-0.3, -0.25) is 9.80 Å². The van der Waals surface area contributed by atoms with Crippen molar-refractivity contribution in [2.24, 2.45) is 0 Å². The molecule has 1 aromatic carbocycles. The maximum Gasteiger partial charge on any atom is 0.0897 e. The first kappa shape index (κ1) is 15.3. The minimum absolute atomic E-state index is 0.340. The first-order valence-electron chi connectivity index (χ1n) is 8.31. The lowest BCUT2D eigenvalue weighted by Gasteiger charge is -2.36. The molecule has 2 atom stereocenters. The number of aromatic nitrogens is 1. The molecule has 0 N–H and O–H groups in total. The molecule has 0 aliphatic carbocycles. The number of aryl methyl sites for hydroxylation is 1. The highest BCUT2D eigenvalue weighted by Gasteiger charge is 2.40. The number of benzene rings is 1. The maximum absolute atomic E-state index is 6.04. The van der Waals surface area contributed by atoms with Gasteiger partial charge in [0, 0.05) is 38.1 Å². The first-order valence-corrected chi connectivity index (χ1v) is 9.19. The monoisotopic (exact) mass is 329 g/mol. The fourth-order valence-electron chi connectivity index (χ4n) is 3.69. The Balaban J connectivity index is 1.42. The zero-order chi connectivity index (χ0) is 15.6. The molecule has 0 unspecified atom stereocenters. The summed E-state index contributed by atoms with van der Waals surface area (Å²) in [6, 6.07) is 11.2. The topological polar surface area (TPSA) is 28.6 Å². The molecular weight excluding hydrogens is 306 g/mol. The Bertz CT molecular complexity index is 645. The summed E-state index contributed by atoms with van der Waals surface area (Å²) >= 11 is 1.74. The van der Waals surface area contributed by atoms with E-state index in [1.807, 2.05) is 0 Å². The molecule has 1 aromatic heterocycles. The number of nitrogens with zero attached hydrogens (tertiary/aromatic N) is 3. The molecule has 122 valence electrons. The molecule has 2 saturated heterocycles. The van der Waals surface area contributed by atoms with Crippen LogP contribution in [-0.4, -0.2) is 53.2 Å². The summed E-state index contributed by atoms with van der Waals surface area (Å²) in [4.78, 5) is 9.71. The maximum atomic E-state index is 6.04. The Morgan fingerprint density at radius 3 is 2.87 bits per heavy atom. The van der Waals surface area contributed by atoms with Crippen LogP contribution in [0.2, 0.25) is 0 Å². The van der Waals surface area contributed by atoms with Gasteiger partial charge < -0.3 is 4.74 Å². The molecule has 5 heteroatoms. The highest BCUT2D eigenvalue weighted by atomic mass is 32.1. The zero-order valence-corrected chi connectivity index (χ0v) is 14.3. The fourth-order valence-corrected chi connectivity index (χ4v) is 4.29. The number of hydrogen-bond donors (Lipinski definition) is 0. The smallest absolute Gasteiger partial charge is 0.0897 e. The van der Waals surface area contributed by atoms with E-state index in [1.54, 1.807) is 11.3 Å². The lowest BCUT2D eigenvalue weighted by Crippen LogP contribution is -2.50. The van der Waals surface area contributed by atoms with Crippen molar-refractivity contribution in [3.05, 3.63) is 52.0 Å². The lowest BCUT2D eigenvalue weighted by atomic mass is 10.1. The molecule has 0 spiro atoms. The Morgan fingerprint density at radius 2 is 2.09 bits per heavy atom. The SMILES string of the molecule is Cc1nc(CN2CCO[C@@H]3CN(Cc4ccccc4)C[C@@H]32)cs1. The summed E-state index contributed by atoms with van der Waals surface area (Å²) in [5, 5.41) is 3.35. The van der Waals surface area contributed by atoms with Crippen molar-refractivity contribution in [3.8, 4) is 0 Å². The summed E-state index contributed by atoms with van der Waals surface area (Å²) in [6.45, 7) is 8.01. The molecule has 2 aromatic rings. The van der Waals surface area contributed by atoms with Gasteiger partial charge >= 0.3 is 0 Å². The second kappa shape index (κ2) is 6.69. The van der Waals surface area contributed by atoms with E-state index in [0.717, 1.165) is 44.3 Å². The minimum atomic E-state index is 0.340. The van der Waals surface area contributed by atoms with Crippen molar-refractivity contribution >= 4 is 11.3 Å². The largest absolute Gasteiger partial charge is 0.374 e. The van der Waals surface area contributed by atoms with Gasteiger partial charge in [0.15, 0.2) is 0 Å². The van der Waals surface area contributed by atoms with E-state index in [2.05, 4.69) is 57.4 Å². The van der Waals surface area contributed by atoms with Gasteiger partial charge in [-0.2, -0.15) is 0 Å². The molecule has 0 bridgehead atoms. The van der Waals surface area contributed by atoms with Gasteiger partial charge in [-0.15, -0.1) is 11.3 Å². The second-order valence-corrected chi connectivity index (χ2v) is 7.55. The Hall–Kier alpha value is -1.27. The second-order valence-electron chi connectivity index (χ2n) is 6.48. The van der Waals surface area contributed by atoms with Crippen LogP contribution in [0.4, 0.5) is 0 Å². The normalized spacial score (nSPS) is 25.6. The molecule has 0 amide bonds. The van der Waals surface area contributed by atoms with Crippen LogP contribution in [0.25, 0.3) is 0 Å². The van der Waals surface area contributed by atoms with Crippen LogP contribution in [-0.2, 0) is 17.8 Å². The van der Waals surface area contributed by atoms with E-state index < -0.39 is 0 Å². The van der Waals surface area contributed by atoms with Crippen molar-refractivity contribution in [2.75, 3.05) is 26.2 Å². The number of likely N-dealkylation sites (tertiary alicyclic amines) is 1. The van der Waals surface area contributed by atoms with E-state index in [9.17, 15) is 0 Å². The van der Waals surface area contributed by atoms with Crippen LogP contribution in [0.1, 0.15) is 16.3 Å². The molecule has 4 nitrogen and oxygen atoms in total. The van der Waals surface area contributed by atoms with E-state index >= 15 is 0 Å². The number of ether oxygens (including phenoxy) is 1. The van der Waals surface area contributed by atoms with E-state index in [-0.39, 0.29) is 0 Å². The quantitative estimate of drug-likeness (QED) is 0.862. The molecule has 2 aliphatic heterocycles. The third-order valence-corrected chi connectivity index (χ3v) is 5.59. The van der Waals surface area contributed by atoms with E-state index in [4.69, 9.17) is 4.74 Å². The third-order valence-electron chi connectivity index (χ3n) is 4.77. The van der Waals surface area contributed by atoms with Gasteiger partial charge in [0.2, 0.25) is 0 Å². The van der Waals surface area contributed by atoms with Crippen molar-refractivity contribution < 1.29 is 4.74 Å². The summed E-state index contributed by atoms with van der Waals surface area (Å²) in [7, 11) is 0. The molecule has 0 radical (unpaired) electrons. The average molecular weight is 329 g/mol. The summed E-state index contributed by atoms with van der Waals surface area (Å²) < 4.78 is 6.04.